The molecule has 0 fully saturated rings. The second kappa shape index (κ2) is 4.23. The number of rotatable bonds is 1. The molecule has 0 saturated heterocycles. The average Bonchev–Trinajstić information content (AvgIpc) is 2.78. The summed E-state index contributed by atoms with van der Waals surface area (Å²) in [5, 5.41) is 0.797. The van der Waals surface area contributed by atoms with Crippen LogP contribution in [-0.2, 0) is 0 Å². The van der Waals surface area contributed by atoms with Crippen LogP contribution in [0.15, 0.2) is 47.6 Å². The first-order valence-corrected chi connectivity index (χ1v) is 6.51. The van der Waals surface area contributed by atoms with E-state index in [1.54, 1.807) is 11.1 Å². The summed E-state index contributed by atoms with van der Waals surface area (Å²) >= 11 is 5.92. The van der Waals surface area contributed by atoms with E-state index in [0.29, 0.717) is 0 Å². The second-order valence-corrected chi connectivity index (χ2v) is 5.31. The molecule has 0 saturated carbocycles. The molecule has 0 N–H and O–H groups in total. The molecule has 1 aliphatic heterocycles. The van der Waals surface area contributed by atoms with Gasteiger partial charge in [0.05, 0.1) is 0 Å². The lowest BCUT2D eigenvalue weighted by molar-refractivity contribution is 0.840. The molecule has 88 valence electrons. The molecule has 17 heavy (non-hydrogen) atoms. The number of nitrogens with zero attached hydrogens (tertiary/aromatic N) is 1. The van der Waals surface area contributed by atoms with Crippen molar-refractivity contribution in [3.8, 4) is 0 Å². The normalized spacial score (nSPS) is 19.8. The summed E-state index contributed by atoms with van der Waals surface area (Å²) in [6.07, 6.45) is 3.79. The van der Waals surface area contributed by atoms with E-state index in [4.69, 9.17) is 11.6 Å². The van der Waals surface area contributed by atoms with E-state index in [2.05, 4.69) is 23.6 Å². The Morgan fingerprint density at radius 3 is 2.59 bits per heavy atom. The molecule has 1 heterocycles. The first kappa shape index (κ1) is 10.9. The molecule has 2 aliphatic rings. The summed E-state index contributed by atoms with van der Waals surface area (Å²) in [5.74, 6) is 0. The molecule has 0 radical (unpaired) electrons. The van der Waals surface area contributed by atoms with Crippen molar-refractivity contribution in [3.63, 3.8) is 0 Å². The minimum absolute atomic E-state index is 0.797. The highest BCUT2D eigenvalue weighted by Crippen LogP contribution is 2.36. The Kier molecular flexibility index (Phi) is 2.71. The lowest BCUT2D eigenvalue weighted by atomic mass is 9.98. The monoisotopic (exact) mass is 245 g/mol. The van der Waals surface area contributed by atoms with E-state index in [0.717, 1.165) is 18.1 Å². The lowest BCUT2D eigenvalue weighted by Gasteiger charge is -2.32. The molecule has 0 unspecified atom stereocenters. The summed E-state index contributed by atoms with van der Waals surface area (Å²) in [7, 11) is 0. The van der Waals surface area contributed by atoms with Crippen molar-refractivity contribution in [1.82, 2.24) is 0 Å². The van der Waals surface area contributed by atoms with Crippen LogP contribution in [0.25, 0.3) is 0 Å². The van der Waals surface area contributed by atoms with Gasteiger partial charge in [-0.15, -0.1) is 0 Å². The minimum Gasteiger partial charge on any atom is -0.363 e. The van der Waals surface area contributed by atoms with E-state index in [-0.39, 0.29) is 0 Å². The van der Waals surface area contributed by atoms with Gasteiger partial charge in [-0.05, 0) is 60.2 Å². The van der Waals surface area contributed by atoms with Gasteiger partial charge < -0.3 is 4.90 Å². The fraction of sp³-hybridized carbons (Fsp3) is 0.333. The van der Waals surface area contributed by atoms with E-state index < -0.39 is 0 Å². The molecule has 0 atom stereocenters. The van der Waals surface area contributed by atoms with Gasteiger partial charge in [-0.1, -0.05) is 18.2 Å². The van der Waals surface area contributed by atoms with Crippen LogP contribution >= 0.6 is 11.6 Å². The molecule has 1 aromatic rings. The molecule has 1 aliphatic carbocycles. The van der Waals surface area contributed by atoms with Crippen LogP contribution in [-0.4, -0.2) is 13.1 Å². The minimum atomic E-state index is 0.797. The van der Waals surface area contributed by atoms with Crippen LogP contribution in [0.2, 0.25) is 5.02 Å². The van der Waals surface area contributed by atoms with Gasteiger partial charge >= 0.3 is 0 Å². The SMILES string of the molecule is C=C1CN(c2ccc(Cl)cc2)CC2=C1CCC2. The number of hydrogen-bond acceptors (Lipinski definition) is 1. The standard InChI is InChI=1S/C15H16ClN/c1-11-9-17(10-12-3-2-4-15(11)12)14-7-5-13(16)6-8-14/h5-8H,1-4,9-10H2. The third-order valence-electron chi connectivity index (χ3n) is 3.71. The Bertz CT molecular complexity index is 484. The van der Waals surface area contributed by atoms with Crippen LogP contribution < -0.4 is 4.90 Å². The topological polar surface area (TPSA) is 3.24 Å². The Morgan fingerprint density at radius 2 is 1.82 bits per heavy atom. The molecule has 0 spiro atoms. The summed E-state index contributed by atoms with van der Waals surface area (Å²) in [6.45, 7) is 6.25. The Labute approximate surface area is 107 Å². The second-order valence-electron chi connectivity index (χ2n) is 4.87. The predicted molar refractivity (Wildman–Crippen MR) is 73.7 cm³/mol. The van der Waals surface area contributed by atoms with Crippen molar-refractivity contribution in [2.75, 3.05) is 18.0 Å². The Hall–Kier alpha value is -1.21. The zero-order valence-corrected chi connectivity index (χ0v) is 10.6. The average molecular weight is 246 g/mol. The van der Waals surface area contributed by atoms with Crippen LogP contribution in [0, 0.1) is 0 Å². The van der Waals surface area contributed by atoms with Gasteiger partial charge in [0.1, 0.15) is 0 Å². The summed E-state index contributed by atoms with van der Waals surface area (Å²) < 4.78 is 0. The molecule has 2 heteroatoms. The summed E-state index contributed by atoms with van der Waals surface area (Å²) in [6, 6.07) is 8.10. The van der Waals surface area contributed by atoms with Gasteiger partial charge in [-0.2, -0.15) is 0 Å². The van der Waals surface area contributed by atoms with Crippen molar-refractivity contribution in [1.29, 1.82) is 0 Å². The number of benzene rings is 1. The van der Waals surface area contributed by atoms with E-state index in [1.165, 1.54) is 30.5 Å². The highest BCUT2D eigenvalue weighted by Gasteiger charge is 2.25. The van der Waals surface area contributed by atoms with Crippen molar-refractivity contribution in [2.24, 2.45) is 0 Å². The molecule has 1 aromatic carbocycles. The molecule has 0 amide bonds. The molecule has 0 aromatic heterocycles. The van der Waals surface area contributed by atoms with Crippen molar-refractivity contribution >= 4 is 17.3 Å². The first-order chi connectivity index (χ1) is 8.24. The maximum atomic E-state index is 5.92. The Morgan fingerprint density at radius 1 is 1.06 bits per heavy atom. The van der Waals surface area contributed by atoms with Gasteiger partial charge in [0.2, 0.25) is 0 Å². The van der Waals surface area contributed by atoms with E-state index >= 15 is 0 Å². The third-order valence-corrected chi connectivity index (χ3v) is 3.97. The summed E-state index contributed by atoms with van der Waals surface area (Å²) in [5.41, 5.74) is 5.69. The van der Waals surface area contributed by atoms with E-state index in [1.807, 2.05) is 12.1 Å². The third kappa shape index (κ3) is 2.00. The Balaban J connectivity index is 1.87. The summed E-state index contributed by atoms with van der Waals surface area (Å²) in [4.78, 5) is 2.39. The number of halogens is 1. The van der Waals surface area contributed by atoms with Crippen molar-refractivity contribution < 1.29 is 0 Å². The molecule has 1 nitrogen and oxygen atoms in total. The maximum Gasteiger partial charge on any atom is 0.0429 e. The van der Waals surface area contributed by atoms with Crippen LogP contribution in [0.5, 0.6) is 0 Å². The largest absolute Gasteiger partial charge is 0.363 e. The fourth-order valence-corrected chi connectivity index (χ4v) is 2.98. The predicted octanol–water partition coefficient (Wildman–Crippen LogP) is 4.20. The van der Waals surface area contributed by atoms with Gasteiger partial charge in [0.15, 0.2) is 0 Å². The zero-order valence-electron chi connectivity index (χ0n) is 9.88. The smallest absolute Gasteiger partial charge is 0.0429 e. The molecule has 3 rings (SSSR count). The van der Waals surface area contributed by atoms with Crippen molar-refractivity contribution in [3.05, 3.63) is 52.6 Å². The molecular formula is C15H16ClN. The lowest BCUT2D eigenvalue weighted by Crippen LogP contribution is -2.31. The fourth-order valence-electron chi connectivity index (χ4n) is 2.85. The van der Waals surface area contributed by atoms with Gasteiger partial charge in [0.25, 0.3) is 0 Å². The first-order valence-electron chi connectivity index (χ1n) is 6.13. The highest BCUT2D eigenvalue weighted by molar-refractivity contribution is 6.30. The van der Waals surface area contributed by atoms with E-state index in [9.17, 15) is 0 Å². The quantitative estimate of drug-likeness (QED) is 0.717. The van der Waals surface area contributed by atoms with Crippen LogP contribution in [0.4, 0.5) is 5.69 Å². The van der Waals surface area contributed by atoms with Crippen LogP contribution in [0.1, 0.15) is 19.3 Å². The number of hydrogen-bond donors (Lipinski definition) is 0. The van der Waals surface area contributed by atoms with Gasteiger partial charge in [-0.25, -0.2) is 0 Å². The number of anilines is 1. The van der Waals surface area contributed by atoms with Crippen LogP contribution in [0.3, 0.4) is 0 Å². The maximum absolute atomic E-state index is 5.92. The van der Waals surface area contributed by atoms with Crippen molar-refractivity contribution in [2.45, 2.75) is 19.3 Å². The molecular weight excluding hydrogens is 230 g/mol. The van der Waals surface area contributed by atoms with Gasteiger partial charge in [0, 0.05) is 23.8 Å². The van der Waals surface area contributed by atoms with Gasteiger partial charge in [-0.3, -0.25) is 0 Å². The highest BCUT2D eigenvalue weighted by atomic mass is 35.5. The zero-order chi connectivity index (χ0) is 11.8. The molecule has 0 bridgehead atoms.